The fraction of sp³-hybridized carbons (Fsp3) is 0.625. The Morgan fingerprint density at radius 1 is 1.26 bits per heavy atom. The average molecular weight is 327 g/mol. The molecule has 1 saturated carbocycles. The maximum Gasteiger partial charge on any atom is 0.125 e. The van der Waals surface area contributed by atoms with Crippen molar-refractivity contribution in [2.75, 3.05) is 7.11 Å². The van der Waals surface area contributed by atoms with E-state index in [1.54, 1.807) is 7.11 Å². The van der Waals surface area contributed by atoms with Crippen LogP contribution in [-0.2, 0) is 0 Å². The van der Waals surface area contributed by atoms with Crippen molar-refractivity contribution in [3.63, 3.8) is 0 Å². The van der Waals surface area contributed by atoms with Gasteiger partial charge in [0.25, 0.3) is 0 Å². The molecule has 1 fully saturated rings. The van der Waals surface area contributed by atoms with Crippen molar-refractivity contribution in [3.8, 4) is 5.75 Å². The standard InChI is InChI=1S/C16H23BrO2/c1-10-4-5-12(8-11(10)2)16(18)14-7-6-13(17)9-15(14)19-3/h6-7,9-12,16,18H,4-5,8H2,1-3H3. The molecule has 1 aliphatic carbocycles. The quantitative estimate of drug-likeness (QED) is 0.882. The molecule has 1 aromatic rings. The van der Waals surface area contributed by atoms with Crippen LogP contribution in [0.3, 0.4) is 0 Å². The van der Waals surface area contributed by atoms with Gasteiger partial charge in [-0.1, -0.05) is 42.3 Å². The third kappa shape index (κ3) is 3.32. The molecule has 1 N–H and O–H groups in total. The van der Waals surface area contributed by atoms with Crippen LogP contribution in [0, 0.1) is 17.8 Å². The zero-order chi connectivity index (χ0) is 14.0. The van der Waals surface area contributed by atoms with E-state index < -0.39 is 6.10 Å². The fourth-order valence-electron chi connectivity index (χ4n) is 3.06. The van der Waals surface area contributed by atoms with Gasteiger partial charge >= 0.3 is 0 Å². The van der Waals surface area contributed by atoms with Crippen molar-refractivity contribution in [1.29, 1.82) is 0 Å². The largest absolute Gasteiger partial charge is 0.496 e. The van der Waals surface area contributed by atoms with Gasteiger partial charge in [0.15, 0.2) is 0 Å². The molecule has 19 heavy (non-hydrogen) atoms. The zero-order valence-electron chi connectivity index (χ0n) is 11.9. The van der Waals surface area contributed by atoms with E-state index in [0.29, 0.717) is 11.8 Å². The predicted octanol–water partition coefficient (Wildman–Crippen LogP) is 4.56. The summed E-state index contributed by atoms with van der Waals surface area (Å²) >= 11 is 3.44. The van der Waals surface area contributed by atoms with Crippen LogP contribution in [-0.4, -0.2) is 12.2 Å². The minimum absolute atomic E-state index is 0.348. The van der Waals surface area contributed by atoms with Gasteiger partial charge in [-0.3, -0.25) is 0 Å². The Balaban J connectivity index is 2.17. The molecule has 4 unspecified atom stereocenters. The topological polar surface area (TPSA) is 29.5 Å². The highest BCUT2D eigenvalue weighted by Gasteiger charge is 2.31. The number of benzene rings is 1. The molecule has 0 aliphatic heterocycles. The van der Waals surface area contributed by atoms with Gasteiger partial charge in [0.2, 0.25) is 0 Å². The van der Waals surface area contributed by atoms with Crippen molar-refractivity contribution in [3.05, 3.63) is 28.2 Å². The monoisotopic (exact) mass is 326 g/mol. The summed E-state index contributed by atoms with van der Waals surface area (Å²) in [7, 11) is 1.66. The van der Waals surface area contributed by atoms with Gasteiger partial charge in [0.05, 0.1) is 13.2 Å². The van der Waals surface area contributed by atoms with E-state index in [1.807, 2.05) is 18.2 Å². The molecule has 2 nitrogen and oxygen atoms in total. The summed E-state index contributed by atoms with van der Waals surface area (Å²) in [6, 6.07) is 5.86. The molecule has 1 aromatic carbocycles. The van der Waals surface area contributed by atoms with Crippen LogP contribution >= 0.6 is 15.9 Å². The van der Waals surface area contributed by atoms with Gasteiger partial charge in [-0.05, 0) is 42.7 Å². The Hall–Kier alpha value is -0.540. The van der Waals surface area contributed by atoms with E-state index in [4.69, 9.17) is 4.74 Å². The van der Waals surface area contributed by atoms with Crippen molar-refractivity contribution in [2.24, 2.45) is 17.8 Å². The summed E-state index contributed by atoms with van der Waals surface area (Å²) in [5.74, 6) is 2.58. The average Bonchev–Trinajstić information content (AvgIpc) is 2.41. The number of hydrogen-bond donors (Lipinski definition) is 1. The normalized spacial score (nSPS) is 29.0. The number of ether oxygens (including phenoxy) is 1. The van der Waals surface area contributed by atoms with E-state index in [0.717, 1.165) is 34.5 Å². The number of methoxy groups -OCH3 is 1. The van der Waals surface area contributed by atoms with Crippen molar-refractivity contribution in [1.82, 2.24) is 0 Å². The first-order valence-corrected chi connectivity index (χ1v) is 7.83. The minimum atomic E-state index is -0.419. The molecule has 0 amide bonds. The summed E-state index contributed by atoms with van der Waals surface area (Å²) in [5.41, 5.74) is 0.914. The summed E-state index contributed by atoms with van der Waals surface area (Å²) < 4.78 is 6.37. The highest BCUT2D eigenvalue weighted by Crippen LogP contribution is 2.42. The van der Waals surface area contributed by atoms with Crippen molar-refractivity contribution in [2.45, 2.75) is 39.2 Å². The lowest BCUT2D eigenvalue weighted by atomic mass is 9.73. The van der Waals surface area contributed by atoms with Crippen molar-refractivity contribution < 1.29 is 9.84 Å². The predicted molar refractivity (Wildman–Crippen MR) is 81.3 cm³/mol. The Morgan fingerprint density at radius 2 is 2.00 bits per heavy atom. The van der Waals surface area contributed by atoms with Crippen LogP contribution in [0.25, 0.3) is 0 Å². The van der Waals surface area contributed by atoms with Gasteiger partial charge in [0, 0.05) is 10.0 Å². The second-order valence-electron chi connectivity index (χ2n) is 5.86. The Kier molecular flexibility index (Phi) is 4.91. The van der Waals surface area contributed by atoms with Crippen LogP contribution in [0.5, 0.6) is 5.75 Å². The van der Waals surface area contributed by atoms with Gasteiger partial charge < -0.3 is 9.84 Å². The molecule has 0 heterocycles. The Bertz CT molecular complexity index is 433. The molecular weight excluding hydrogens is 304 g/mol. The van der Waals surface area contributed by atoms with Gasteiger partial charge in [0.1, 0.15) is 5.75 Å². The number of halogens is 1. The Labute approximate surface area is 124 Å². The first kappa shape index (κ1) is 14.9. The number of hydrogen-bond acceptors (Lipinski definition) is 2. The smallest absolute Gasteiger partial charge is 0.125 e. The second kappa shape index (κ2) is 6.27. The lowest BCUT2D eigenvalue weighted by Crippen LogP contribution is -2.25. The molecule has 2 rings (SSSR count). The summed E-state index contributed by atoms with van der Waals surface area (Å²) in [4.78, 5) is 0. The number of aliphatic hydroxyl groups is 1. The molecule has 1 aliphatic rings. The van der Waals surface area contributed by atoms with Crippen LogP contribution in [0.15, 0.2) is 22.7 Å². The van der Waals surface area contributed by atoms with E-state index in [1.165, 1.54) is 6.42 Å². The first-order chi connectivity index (χ1) is 9.02. The Morgan fingerprint density at radius 3 is 2.63 bits per heavy atom. The number of aliphatic hydroxyl groups excluding tert-OH is 1. The molecular formula is C16H23BrO2. The lowest BCUT2D eigenvalue weighted by molar-refractivity contribution is 0.0544. The van der Waals surface area contributed by atoms with Gasteiger partial charge in [-0.15, -0.1) is 0 Å². The minimum Gasteiger partial charge on any atom is -0.496 e. The van der Waals surface area contributed by atoms with E-state index >= 15 is 0 Å². The third-order valence-electron chi connectivity index (χ3n) is 4.60. The highest BCUT2D eigenvalue weighted by atomic mass is 79.9. The van der Waals surface area contributed by atoms with Crippen LogP contribution in [0.4, 0.5) is 0 Å². The summed E-state index contributed by atoms with van der Waals surface area (Å²) in [5, 5.41) is 10.7. The molecule has 0 radical (unpaired) electrons. The molecule has 106 valence electrons. The molecule has 3 heteroatoms. The van der Waals surface area contributed by atoms with Gasteiger partial charge in [-0.25, -0.2) is 0 Å². The molecule has 0 bridgehead atoms. The van der Waals surface area contributed by atoms with Crippen LogP contribution in [0.1, 0.15) is 44.8 Å². The number of rotatable bonds is 3. The van der Waals surface area contributed by atoms with Crippen LogP contribution < -0.4 is 4.74 Å². The molecule has 0 aromatic heterocycles. The lowest BCUT2D eigenvalue weighted by Gasteiger charge is -2.35. The SMILES string of the molecule is COc1cc(Br)ccc1C(O)C1CCC(C)C(C)C1. The molecule has 0 spiro atoms. The highest BCUT2D eigenvalue weighted by molar-refractivity contribution is 9.10. The second-order valence-corrected chi connectivity index (χ2v) is 6.77. The third-order valence-corrected chi connectivity index (χ3v) is 5.09. The maximum absolute atomic E-state index is 10.7. The zero-order valence-corrected chi connectivity index (χ0v) is 13.5. The summed E-state index contributed by atoms with van der Waals surface area (Å²) in [6.07, 6.45) is 2.99. The van der Waals surface area contributed by atoms with E-state index in [9.17, 15) is 5.11 Å². The fourth-order valence-corrected chi connectivity index (χ4v) is 3.40. The van der Waals surface area contributed by atoms with Gasteiger partial charge in [-0.2, -0.15) is 0 Å². The van der Waals surface area contributed by atoms with Crippen LogP contribution in [0.2, 0.25) is 0 Å². The molecule has 4 atom stereocenters. The molecule has 0 saturated heterocycles. The summed E-state index contributed by atoms with van der Waals surface area (Å²) in [6.45, 7) is 4.61. The maximum atomic E-state index is 10.7. The first-order valence-electron chi connectivity index (χ1n) is 7.04. The van der Waals surface area contributed by atoms with E-state index in [-0.39, 0.29) is 0 Å². The van der Waals surface area contributed by atoms with E-state index in [2.05, 4.69) is 29.8 Å². The van der Waals surface area contributed by atoms with Crippen molar-refractivity contribution >= 4 is 15.9 Å².